The average molecular weight is 213 g/mol. The zero-order chi connectivity index (χ0) is 12.4. The quantitative estimate of drug-likeness (QED) is 0.537. The summed E-state index contributed by atoms with van der Waals surface area (Å²) in [5.74, 6) is 0.616. The van der Waals surface area contributed by atoms with Crippen molar-refractivity contribution in [2.75, 3.05) is 7.05 Å². The Bertz CT molecular complexity index is 230. The minimum atomic E-state index is -0.115. The van der Waals surface area contributed by atoms with E-state index in [9.17, 15) is 0 Å². The van der Waals surface area contributed by atoms with Gasteiger partial charge in [-0.15, -0.1) is 0 Å². The molecule has 15 heavy (non-hydrogen) atoms. The molecular formula is C12H27N3. The van der Waals surface area contributed by atoms with Gasteiger partial charge in [-0.1, -0.05) is 20.8 Å². The van der Waals surface area contributed by atoms with E-state index in [0.29, 0.717) is 12.0 Å². The smallest absolute Gasteiger partial charge is 0.191 e. The van der Waals surface area contributed by atoms with Crippen molar-refractivity contribution >= 4 is 5.96 Å². The maximum absolute atomic E-state index is 5.98. The molecule has 0 fully saturated rings. The van der Waals surface area contributed by atoms with Gasteiger partial charge in [0.05, 0.1) is 5.54 Å². The lowest BCUT2D eigenvalue weighted by Crippen LogP contribution is -2.47. The summed E-state index contributed by atoms with van der Waals surface area (Å²) in [5, 5.41) is 0. The highest BCUT2D eigenvalue weighted by atomic mass is 15.3. The highest BCUT2D eigenvalue weighted by Gasteiger charge is 2.25. The number of rotatable bonds is 1. The van der Waals surface area contributed by atoms with Crippen LogP contribution in [-0.2, 0) is 0 Å². The number of nitrogens with zero attached hydrogens (tertiary/aromatic N) is 2. The summed E-state index contributed by atoms with van der Waals surface area (Å²) in [7, 11) is 2.00. The van der Waals surface area contributed by atoms with Gasteiger partial charge in [0, 0.05) is 13.1 Å². The van der Waals surface area contributed by atoms with Crippen LogP contribution in [0.5, 0.6) is 0 Å². The van der Waals surface area contributed by atoms with Crippen LogP contribution in [0, 0.1) is 5.41 Å². The van der Waals surface area contributed by atoms with Crippen LogP contribution in [0.25, 0.3) is 0 Å². The lowest BCUT2D eigenvalue weighted by molar-refractivity contribution is 0.205. The molecule has 0 aromatic carbocycles. The second kappa shape index (κ2) is 4.42. The van der Waals surface area contributed by atoms with E-state index < -0.39 is 0 Å². The first-order chi connectivity index (χ1) is 6.45. The van der Waals surface area contributed by atoms with Gasteiger partial charge in [-0.3, -0.25) is 0 Å². The first kappa shape index (κ1) is 14.3. The number of hydrogen-bond acceptors (Lipinski definition) is 1. The summed E-state index contributed by atoms with van der Waals surface area (Å²) < 4.78 is 0. The monoisotopic (exact) mass is 213 g/mol. The lowest BCUT2D eigenvalue weighted by Gasteiger charge is -2.36. The molecule has 1 atom stereocenters. The summed E-state index contributed by atoms with van der Waals surface area (Å²) in [6, 6.07) is 0.364. The molecule has 0 radical (unpaired) electrons. The van der Waals surface area contributed by atoms with Crippen LogP contribution >= 0.6 is 0 Å². The molecule has 0 heterocycles. The zero-order valence-electron chi connectivity index (χ0n) is 11.5. The molecule has 0 aromatic rings. The van der Waals surface area contributed by atoms with Crippen molar-refractivity contribution in [3.63, 3.8) is 0 Å². The zero-order valence-corrected chi connectivity index (χ0v) is 11.5. The average Bonchev–Trinajstić information content (AvgIpc) is 1.96. The van der Waals surface area contributed by atoms with E-state index >= 15 is 0 Å². The Labute approximate surface area is 94.7 Å². The summed E-state index contributed by atoms with van der Waals surface area (Å²) in [5.41, 5.74) is 6.06. The SMILES string of the molecule is CC(N(C)C(N)=NC(C)(C)C)C(C)(C)C. The van der Waals surface area contributed by atoms with Gasteiger partial charge in [-0.25, -0.2) is 4.99 Å². The van der Waals surface area contributed by atoms with Gasteiger partial charge in [0.25, 0.3) is 0 Å². The Kier molecular flexibility index (Phi) is 4.20. The second-order valence-corrected chi connectivity index (χ2v) is 6.29. The van der Waals surface area contributed by atoms with Crippen molar-refractivity contribution in [2.45, 2.75) is 60.0 Å². The van der Waals surface area contributed by atoms with E-state index in [-0.39, 0.29) is 11.0 Å². The van der Waals surface area contributed by atoms with E-state index in [1.54, 1.807) is 0 Å². The number of guanidine groups is 1. The van der Waals surface area contributed by atoms with Gasteiger partial charge in [0.1, 0.15) is 0 Å². The van der Waals surface area contributed by atoms with Crippen LogP contribution in [0.15, 0.2) is 4.99 Å². The molecule has 1 unspecified atom stereocenters. The largest absolute Gasteiger partial charge is 0.370 e. The van der Waals surface area contributed by atoms with Gasteiger partial charge in [-0.05, 0) is 33.1 Å². The molecule has 0 spiro atoms. The Hall–Kier alpha value is -0.730. The van der Waals surface area contributed by atoms with E-state index in [0.717, 1.165) is 0 Å². The molecule has 0 aromatic heterocycles. The number of aliphatic imine (C=N–C) groups is 1. The molecule has 0 saturated heterocycles. The second-order valence-electron chi connectivity index (χ2n) is 6.29. The summed E-state index contributed by atoms with van der Waals surface area (Å²) in [4.78, 5) is 6.51. The van der Waals surface area contributed by atoms with E-state index in [2.05, 4.69) is 53.5 Å². The fraction of sp³-hybridized carbons (Fsp3) is 0.917. The topological polar surface area (TPSA) is 41.6 Å². The Morgan fingerprint density at radius 2 is 1.53 bits per heavy atom. The minimum absolute atomic E-state index is 0.115. The third kappa shape index (κ3) is 5.05. The van der Waals surface area contributed by atoms with E-state index in [1.807, 2.05) is 11.9 Å². The first-order valence-electron chi connectivity index (χ1n) is 5.53. The third-order valence-corrected chi connectivity index (χ3v) is 2.65. The molecule has 0 aliphatic rings. The number of hydrogen-bond donors (Lipinski definition) is 1. The van der Waals surface area contributed by atoms with Crippen LogP contribution in [0.3, 0.4) is 0 Å². The molecule has 3 nitrogen and oxygen atoms in total. The van der Waals surface area contributed by atoms with Crippen molar-refractivity contribution in [1.29, 1.82) is 0 Å². The highest BCUT2D eigenvalue weighted by molar-refractivity contribution is 5.78. The predicted octanol–water partition coefficient (Wildman–Crippen LogP) is 2.47. The summed E-state index contributed by atoms with van der Waals surface area (Å²) in [6.07, 6.45) is 0. The molecule has 90 valence electrons. The molecule has 3 heteroatoms. The van der Waals surface area contributed by atoms with Gasteiger partial charge in [-0.2, -0.15) is 0 Å². The minimum Gasteiger partial charge on any atom is -0.370 e. The van der Waals surface area contributed by atoms with Crippen molar-refractivity contribution in [2.24, 2.45) is 16.1 Å². The van der Waals surface area contributed by atoms with Gasteiger partial charge < -0.3 is 10.6 Å². The molecule has 0 aliphatic heterocycles. The molecule has 0 bridgehead atoms. The van der Waals surface area contributed by atoms with Crippen LogP contribution < -0.4 is 5.73 Å². The molecule has 0 amide bonds. The molecule has 0 saturated carbocycles. The maximum Gasteiger partial charge on any atom is 0.191 e. The van der Waals surface area contributed by atoms with Crippen molar-refractivity contribution in [1.82, 2.24) is 4.90 Å². The van der Waals surface area contributed by atoms with Crippen LogP contribution in [-0.4, -0.2) is 29.5 Å². The Morgan fingerprint density at radius 1 is 1.13 bits per heavy atom. The highest BCUT2D eigenvalue weighted by Crippen LogP contribution is 2.23. The third-order valence-electron chi connectivity index (χ3n) is 2.65. The van der Waals surface area contributed by atoms with E-state index in [1.165, 1.54) is 0 Å². The summed E-state index contributed by atoms with van der Waals surface area (Å²) in [6.45, 7) is 14.9. The fourth-order valence-electron chi connectivity index (χ4n) is 1.20. The molecule has 2 N–H and O–H groups in total. The summed E-state index contributed by atoms with van der Waals surface area (Å²) >= 11 is 0. The first-order valence-corrected chi connectivity index (χ1v) is 5.53. The van der Waals surface area contributed by atoms with Crippen LogP contribution in [0.1, 0.15) is 48.5 Å². The Morgan fingerprint density at radius 3 is 1.80 bits per heavy atom. The molecule has 0 aliphatic carbocycles. The van der Waals surface area contributed by atoms with Crippen molar-refractivity contribution in [3.8, 4) is 0 Å². The fourth-order valence-corrected chi connectivity index (χ4v) is 1.20. The van der Waals surface area contributed by atoms with Crippen molar-refractivity contribution < 1.29 is 0 Å². The van der Waals surface area contributed by atoms with Crippen LogP contribution in [0.4, 0.5) is 0 Å². The number of nitrogens with two attached hydrogens (primary N) is 1. The predicted molar refractivity (Wildman–Crippen MR) is 68.1 cm³/mol. The normalized spacial score (nSPS) is 16.4. The van der Waals surface area contributed by atoms with Crippen molar-refractivity contribution in [3.05, 3.63) is 0 Å². The van der Waals surface area contributed by atoms with E-state index in [4.69, 9.17) is 5.73 Å². The molecular weight excluding hydrogens is 186 g/mol. The van der Waals surface area contributed by atoms with Crippen LogP contribution in [0.2, 0.25) is 0 Å². The van der Waals surface area contributed by atoms with Gasteiger partial charge in [0.15, 0.2) is 5.96 Å². The standard InChI is InChI=1S/C12H27N3/c1-9(11(2,3)4)15(8)10(13)14-12(5,6)7/h9H,1-8H3,(H2,13,14). The maximum atomic E-state index is 5.98. The van der Waals surface area contributed by atoms with Gasteiger partial charge in [0.2, 0.25) is 0 Å². The Balaban J connectivity index is 4.73. The lowest BCUT2D eigenvalue weighted by atomic mass is 9.87. The van der Waals surface area contributed by atoms with Gasteiger partial charge >= 0.3 is 0 Å². The molecule has 0 rings (SSSR count).